The summed E-state index contributed by atoms with van der Waals surface area (Å²) in [5.41, 5.74) is 0.0831. The van der Waals surface area contributed by atoms with E-state index in [0.717, 1.165) is 17.7 Å². The zero-order valence-corrected chi connectivity index (χ0v) is 13.8. The molecular formula is C18H23F3O. The van der Waals surface area contributed by atoms with Crippen molar-refractivity contribution in [3.63, 3.8) is 0 Å². The first-order chi connectivity index (χ1) is 10.1. The molecule has 0 bridgehead atoms. The summed E-state index contributed by atoms with van der Waals surface area (Å²) in [5, 5.41) is 0. The minimum absolute atomic E-state index is 0.0900. The lowest BCUT2D eigenvalue weighted by Gasteiger charge is -2.10. The summed E-state index contributed by atoms with van der Waals surface area (Å²) in [4.78, 5) is 0. The Labute approximate surface area is 131 Å². The molecule has 0 spiro atoms. The van der Waals surface area contributed by atoms with Crippen LogP contribution in [0, 0.1) is 11.8 Å². The Morgan fingerprint density at radius 2 is 1.59 bits per heavy atom. The molecule has 4 heteroatoms. The van der Waals surface area contributed by atoms with E-state index in [1.807, 2.05) is 27.7 Å². The Balaban J connectivity index is 0. The third-order valence-electron chi connectivity index (χ3n) is 2.08. The molecule has 0 aliphatic heterocycles. The summed E-state index contributed by atoms with van der Waals surface area (Å²) in [5.74, 6) is 5.72. The van der Waals surface area contributed by atoms with Gasteiger partial charge in [-0.15, -0.1) is 11.8 Å². The van der Waals surface area contributed by atoms with Gasteiger partial charge in [-0.05, 0) is 52.8 Å². The van der Waals surface area contributed by atoms with E-state index in [4.69, 9.17) is 4.74 Å². The largest absolute Gasteiger partial charge is 0.458 e. The number of allylic oxidation sites excluding steroid dienone is 6. The Hall–Kier alpha value is -2.15. The highest BCUT2D eigenvalue weighted by molar-refractivity contribution is 5.30. The summed E-state index contributed by atoms with van der Waals surface area (Å²) in [7, 11) is 0. The van der Waals surface area contributed by atoms with Gasteiger partial charge in [-0.3, -0.25) is 0 Å². The molecule has 0 aliphatic rings. The number of hydrogen-bond donors (Lipinski definition) is 0. The van der Waals surface area contributed by atoms with Crippen LogP contribution in [0.4, 0.5) is 13.2 Å². The Morgan fingerprint density at radius 3 is 1.86 bits per heavy atom. The van der Waals surface area contributed by atoms with Gasteiger partial charge in [0.05, 0.1) is 5.57 Å². The van der Waals surface area contributed by atoms with Gasteiger partial charge in [0.1, 0.15) is 11.5 Å². The average molecular weight is 312 g/mol. The lowest BCUT2D eigenvalue weighted by Crippen LogP contribution is -2.10. The minimum atomic E-state index is -4.46. The van der Waals surface area contributed by atoms with Crippen LogP contribution in [0.25, 0.3) is 0 Å². The maximum atomic E-state index is 12.4. The quantitative estimate of drug-likeness (QED) is 0.339. The summed E-state index contributed by atoms with van der Waals surface area (Å²) >= 11 is 0. The SMILES string of the molecule is C=C/C(=C\C(=C)O/C(C=C(C)C)=C/C)C(F)(F)F.CC#CC. The van der Waals surface area contributed by atoms with E-state index in [1.165, 1.54) is 0 Å². The van der Waals surface area contributed by atoms with Crippen molar-refractivity contribution in [2.24, 2.45) is 0 Å². The fourth-order valence-electron chi connectivity index (χ4n) is 1.07. The van der Waals surface area contributed by atoms with Gasteiger partial charge in [0.15, 0.2) is 0 Å². The van der Waals surface area contributed by atoms with Crippen LogP contribution in [0.2, 0.25) is 0 Å². The first kappa shape index (κ1) is 22.1. The second kappa shape index (κ2) is 11.5. The van der Waals surface area contributed by atoms with Crippen molar-refractivity contribution in [3.05, 3.63) is 60.1 Å². The van der Waals surface area contributed by atoms with E-state index in [0.29, 0.717) is 5.76 Å². The van der Waals surface area contributed by atoms with Crippen molar-refractivity contribution in [2.45, 2.75) is 40.8 Å². The van der Waals surface area contributed by atoms with E-state index in [-0.39, 0.29) is 5.76 Å². The van der Waals surface area contributed by atoms with Crippen LogP contribution in [0.5, 0.6) is 0 Å². The van der Waals surface area contributed by atoms with Crippen molar-refractivity contribution in [2.75, 3.05) is 0 Å². The molecule has 0 heterocycles. The smallest absolute Gasteiger partial charge is 0.416 e. The molecule has 22 heavy (non-hydrogen) atoms. The minimum Gasteiger partial charge on any atom is -0.458 e. The van der Waals surface area contributed by atoms with Crippen LogP contribution in [0.3, 0.4) is 0 Å². The molecule has 122 valence electrons. The van der Waals surface area contributed by atoms with Crippen molar-refractivity contribution < 1.29 is 17.9 Å². The fourth-order valence-corrected chi connectivity index (χ4v) is 1.07. The zero-order chi connectivity index (χ0) is 17.8. The monoisotopic (exact) mass is 312 g/mol. The maximum Gasteiger partial charge on any atom is 0.416 e. The van der Waals surface area contributed by atoms with Crippen LogP contribution >= 0.6 is 0 Å². The maximum absolute atomic E-state index is 12.4. The molecular weight excluding hydrogens is 289 g/mol. The van der Waals surface area contributed by atoms with Gasteiger partial charge >= 0.3 is 6.18 Å². The number of ether oxygens (including phenoxy) is 1. The number of alkyl halides is 3. The summed E-state index contributed by atoms with van der Waals surface area (Å²) in [6.45, 7) is 15.6. The van der Waals surface area contributed by atoms with Gasteiger partial charge in [-0.25, -0.2) is 0 Å². The average Bonchev–Trinajstić information content (AvgIpc) is 2.42. The zero-order valence-electron chi connectivity index (χ0n) is 13.8. The highest BCUT2D eigenvalue weighted by Gasteiger charge is 2.31. The van der Waals surface area contributed by atoms with Crippen molar-refractivity contribution >= 4 is 0 Å². The Bertz CT molecular complexity index is 511. The lowest BCUT2D eigenvalue weighted by atomic mass is 10.2. The standard InChI is InChI=1S/C14H17F3O.C4H6/c1-6-12(14(15,16)17)9-11(5)18-13(7-2)8-10(3)4;1-3-4-2/h6-9H,1,5H2,2-4H3;1-2H3/b12-9+,13-7+;. The van der Waals surface area contributed by atoms with Crippen LogP contribution < -0.4 is 0 Å². The first-order valence-corrected chi connectivity index (χ1v) is 6.55. The number of rotatable bonds is 5. The molecule has 0 aromatic carbocycles. The highest BCUT2D eigenvalue weighted by Crippen LogP contribution is 2.27. The molecule has 0 aromatic heterocycles. The highest BCUT2D eigenvalue weighted by atomic mass is 19.4. The van der Waals surface area contributed by atoms with Crippen molar-refractivity contribution in [1.29, 1.82) is 0 Å². The van der Waals surface area contributed by atoms with Crippen LogP contribution in [0.1, 0.15) is 34.6 Å². The van der Waals surface area contributed by atoms with E-state index >= 15 is 0 Å². The van der Waals surface area contributed by atoms with Gasteiger partial charge in [-0.2, -0.15) is 13.2 Å². The molecule has 0 N–H and O–H groups in total. The second-order valence-corrected chi connectivity index (χ2v) is 4.28. The van der Waals surface area contributed by atoms with Gasteiger partial charge in [0, 0.05) is 0 Å². The molecule has 0 saturated carbocycles. The molecule has 0 radical (unpaired) electrons. The molecule has 0 unspecified atom stereocenters. The van der Waals surface area contributed by atoms with Crippen LogP contribution in [0.15, 0.2) is 60.1 Å². The molecule has 0 atom stereocenters. The molecule has 1 nitrogen and oxygen atoms in total. The van der Waals surface area contributed by atoms with Crippen LogP contribution in [-0.4, -0.2) is 6.18 Å². The predicted octanol–water partition coefficient (Wildman–Crippen LogP) is 6.09. The van der Waals surface area contributed by atoms with E-state index in [9.17, 15) is 13.2 Å². The van der Waals surface area contributed by atoms with E-state index in [1.54, 1.807) is 19.1 Å². The second-order valence-electron chi connectivity index (χ2n) is 4.28. The summed E-state index contributed by atoms with van der Waals surface area (Å²) in [6, 6.07) is 0. The van der Waals surface area contributed by atoms with Gasteiger partial charge in [-0.1, -0.05) is 24.8 Å². The lowest BCUT2D eigenvalue weighted by molar-refractivity contribution is -0.0883. The third-order valence-corrected chi connectivity index (χ3v) is 2.08. The third kappa shape index (κ3) is 11.7. The first-order valence-electron chi connectivity index (χ1n) is 6.55. The Kier molecular flexibility index (Phi) is 11.6. The van der Waals surface area contributed by atoms with Gasteiger partial charge < -0.3 is 4.74 Å². The predicted molar refractivity (Wildman–Crippen MR) is 86.9 cm³/mol. The van der Waals surface area contributed by atoms with Gasteiger partial charge in [0.25, 0.3) is 0 Å². The van der Waals surface area contributed by atoms with E-state index < -0.39 is 11.7 Å². The van der Waals surface area contributed by atoms with E-state index in [2.05, 4.69) is 25.0 Å². The summed E-state index contributed by atoms with van der Waals surface area (Å²) < 4.78 is 42.5. The molecule has 0 aliphatic carbocycles. The number of hydrogen-bond acceptors (Lipinski definition) is 1. The van der Waals surface area contributed by atoms with Gasteiger partial charge in [0.2, 0.25) is 0 Å². The molecule has 0 rings (SSSR count). The van der Waals surface area contributed by atoms with Crippen LogP contribution in [-0.2, 0) is 4.74 Å². The topological polar surface area (TPSA) is 9.23 Å². The van der Waals surface area contributed by atoms with Crippen molar-refractivity contribution in [1.82, 2.24) is 0 Å². The molecule has 0 saturated heterocycles. The van der Waals surface area contributed by atoms with Crippen molar-refractivity contribution in [3.8, 4) is 11.8 Å². The number of halogens is 3. The normalized spacial score (nSPS) is 11.3. The summed E-state index contributed by atoms with van der Waals surface area (Å²) in [6.07, 6.45) is 0.439. The fraction of sp³-hybridized carbons (Fsp3) is 0.333. The molecule has 0 amide bonds. The molecule has 0 aromatic rings. The Morgan fingerprint density at radius 1 is 1.09 bits per heavy atom. The molecule has 0 fully saturated rings.